The molecule has 2 heterocycles. The molecule has 2 unspecified atom stereocenters. The van der Waals surface area contributed by atoms with Gasteiger partial charge in [0.1, 0.15) is 0 Å². The van der Waals surface area contributed by atoms with E-state index in [1.807, 2.05) is 4.90 Å². The van der Waals surface area contributed by atoms with Crippen molar-refractivity contribution in [2.45, 2.75) is 39.2 Å². The van der Waals surface area contributed by atoms with Crippen molar-refractivity contribution in [2.24, 2.45) is 11.8 Å². The van der Waals surface area contributed by atoms with Gasteiger partial charge in [-0.05, 0) is 25.2 Å². The maximum absolute atomic E-state index is 12.4. The van der Waals surface area contributed by atoms with Gasteiger partial charge in [-0.3, -0.25) is 4.79 Å². The number of hydrogen-bond donors (Lipinski definition) is 1. The number of likely N-dealkylation sites (tertiary alicyclic amines) is 2. The van der Waals surface area contributed by atoms with E-state index < -0.39 is 5.97 Å². The third-order valence-corrected chi connectivity index (χ3v) is 4.12. The van der Waals surface area contributed by atoms with Crippen LogP contribution in [-0.2, 0) is 4.79 Å². The van der Waals surface area contributed by atoms with Crippen LogP contribution in [0.4, 0.5) is 4.79 Å². The Morgan fingerprint density at radius 2 is 1.94 bits per heavy atom. The van der Waals surface area contributed by atoms with Crippen LogP contribution in [-0.4, -0.2) is 52.6 Å². The molecule has 2 aliphatic rings. The van der Waals surface area contributed by atoms with E-state index in [1.165, 1.54) is 0 Å². The summed E-state index contributed by atoms with van der Waals surface area (Å²) in [7, 11) is 0. The molecule has 0 radical (unpaired) electrons. The fraction of sp³-hybridized carbons (Fsp3) is 0.846. The molecule has 2 amide bonds. The maximum atomic E-state index is 12.4. The molecule has 0 saturated carbocycles. The van der Waals surface area contributed by atoms with Crippen molar-refractivity contribution < 1.29 is 14.7 Å². The van der Waals surface area contributed by atoms with Gasteiger partial charge in [-0.2, -0.15) is 0 Å². The molecule has 2 saturated heterocycles. The van der Waals surface area contributed by atoms with Crippen LogP contribution in [0.3, 0.4) is 0 Å². The molecule has 5 heteroatoms. The first kappa shape index (κ1) is 13.2. The number of nitrogens with zero attached hydrogens (tertiary/aromatic N) is 2. The SMILES string of the molecule is CC(C)C1CCCN1C(=O)N1CCC(C(=O)O)C1. The van der Waals surface area contributed by atoms with Crippen LogP contribution < -0.4 is 0 Å². The predicted octanol–water partition coefficient (Wildman–Crippen LogP) is 1.63. The fourth-order valence-electron chi connectivity index (χ4n) is 3.04. The van der Waals surface area contributed by atoms with Gasteiger partial charge in [0.15, 0.2) is 0 Å². The number of carboxylic acids is 1. The first-order valence-electron chi connectivity index (χ1n) is 6.79. The highest BCUT2D eigenvalue weighted by atomic mass is 16.4. The molecule has 18 heavy (non-hydrogen) atoms. The lowest BCUT2D eigenvalue weighted by Gasteiger charge is -2.31. The van der Waals surface area contributed by atoms with Crippen molar-refractivity contribution in [3.63, 3.8) is 0 Å². The standard InChI is InChI=1S/C13H22N2O3/c1-9(2)11-4-3-6-15(11)13(18)14-7-5-10(8-14)12(16)17/h9-11H,3-8H2,1-2H3,(H,16,17). The van der Waals surface area contributed by atoms with E-state index in [0.717, 1.165) is 19.4 Å². The molecule has 2 aliphatic heterocycles. The van der Waals surface area contributed by atoms with Crippen molar-refractivity contribution in [2.75, 3.05) is 19.6 Å². The Bertz CT molecular complexity index is 343. The lowest BCUT2D eigenvalue weighted by molar-refractivity contribution is -0.141. The summed E-state index contributed by atoms with van der Waals surface area (Å²) in [6.45, 7) is 6.04. The molecule has 5 nitrogen and oxygen atoms in total. The van der Waals surface area contributed by atoms with Gasteiger partial charge in [0, 0.05) is 25.7 Å². The lowest BCUT2D eigenvalue weighted by atomic mass is 10.0. The van der Waals surface area contributed by atoms with E-state index >= 15 is 0 Å². The normalized spacial score (nSPS) is 28.2. The molecule has 0 spiro atoms. The van der Waals surface area contributed by atoms with Crippen molar-refractivity contribution in [3.8, 4) is 0 Å². The van der Waals surface area contributed by atoms with Gasteiger partial charge >= 0.3 is 12.0 Å². The lowest BCUT2D eigenvalue weighted by Crippen LogP contribution is -2.46. The average Bonchev–Trinajstić information content (AvgIpc) is 2.97. The summed E-state index contributed by atoms with van der Waals surface area (Å²) in [5, 5.41) is 8.97. The average molecular weight is 254 g/mol. The van der Waals surface area contributed by atoms with E-state index in [2.05, 4.69) is 13.8 Å². The Morgan fingerprint density at radius 1 is 1.22 bits per heavy atom. The Balaban J connectivity index is 1.98. The highest BCUT2D eigenvalue weighted by Gasteiger charge is 2.37. The number of aliphatic carboxylic acids is 1. The summed E-state index contributed by atoms with van der Waals surface area (Å²) in [4.78, 5) is 26.9. The summed E-state index contributed by atoms with van der Waals surface area (Å²) >= 11 is 0. The van der Waals surface area contributed by atoms with Crippen LogP contribution in [0.1, 0.15) is 33.1 Å². The summed E-state index contributed by atoms with van der Waals surface area (Å²) < 4.78 is 0. The van der Waals surface area contributed by atoms with Gasteiger partial charge < -0.3 is 14.9 Å². The number of amides is 2. The highest BCUT2D eigenvalue weighted by molar-refractivity contribution is 5.78. The van der Waals surface area contributed by atoms with Gasteiger partial charge in [0.25, 0.3) is 0 Å². The highest BCUT2D eigenvalue weighted by Crippen LogP contribution is 2.27. The van der Waals surface area contributed by atoms with Crippen molar-refractivity contribution in [1.29, 1.82) is 0 Å². The largest absolute Gasteiger partial charge is 0.481 e. The van der Waals surface area contributed by atoms with E-state index in [4.69, 9.17) is 5.11 Å². The monoisotopic (exact) mass is 254 g/mol. The smallest absolute Gasteiger partial charge is 0.320 e. The van der Waals surface area contributed by atoms with Crippen LogP contribution in [0.5, 0.6) is 0 Å². The zero-order valence-corrected chi connectivity index (χ0v) is 11.1. The summed E-state index contributed by atoms with van der Waals surface area (Å²) in [5.41, 5.74) is 0. The number of carbonyl (C=O) groups excluding carboxylic acids is 1. The number of carbonyl (C=O) groups is 2. The Kier molecular flexibility index (Phi) is 3.78. The molecule has 0 aromatic heterocycles. The Morgan fingerprint density at radius 3 is 2.50 bits per heavy atom. The van der Waals surface area contributed by atoms with Crippen LogP contribution >= 0.6 is 0 Å². The molecular formula is C13H22N2O3. The van der Waals surface area contributed by atoms with Crippen LogP contribution in [0.15, 0.2) is 0 Å². The minimum atomic E-state index is -0.785. The number of carboxylic acid groups (broad SMARTS) is 1. The minimum absolute atomic E-state index is 0.0370. The van der Waals surface area contributed by atoms with E-state index in [1.54, 1.807) is 4.90 Å². The van der Waals surface area contributed by atoms with Gasteiger partial charge in [0.05, 0.1) is 5.92 Å². The first-order chi connectivity index (χ1) is 8.50. The Labute approximate surface area is 108 Å². The molecule has 2 rings (SSSR count). The molecule has 102 valence electrons. The zero-order valence-electron chi connectivity index (χ0n) is 11.1. The van der Waals surface area contributed by atoms with Gasteiger partial charge in [-0.25, -0.2) is 4.79 Å². The number of hydrogen-bond acceptors (Lipinski definition) is 2. The fourth-order valence-corrected chi connectivity index (χ4v) is 3.04. The second-order valence-corrected chi connectivity index (χ2v) is 5.70. The number of urea groups is 1. The molecule has 0 aromatic rings. The molecule has 2 fully saturated rings. The zero-order chi connectivity index (χ0) is 13.3. The number of rotatable bonds is 2. The first-order valence-corrected chi connectivity index (χ1v) is 6.79. The molecule has 0 aromatic carbocycles. The third kappa shape index (κ3) is 2.44. The molecule has 0 bridgehead atoms. The molecule has 2 atom stereocenters. The van der Waals surface area contributed by atoms with Crippen LogP contribution in [0, 0.1) is 11.8 Å². The van der Waals surface area contributed by atoms with Crippen LogP contribution in [0.2, 0.25) is 0 Å². The summed E-state index contributed by atoms with van der Waals surface area (Å²) in [5.74, 6) is -0.699. The summed E-state index contributed by atoms with van der Waals surface area (Å²) in [6.07, 6.45) is 2.71. The van der Waals surface area contributed by atoms with E-state index in [0.29, 0.717) is 31.5 Å². The second kappa shape index (κ2) is 5.16. The summed E-state index contributed by atoms with van der Waals surface area (Å²) in [6, 6.07) is 0.358. The third-order valence-electron chi connectivity index (χ3n) is 4.12. The van der Waals surface area contributed by atoms with Gasteiger partial charge in [0.2, 0.25) is 0 Å². The van der Waals surface area contributed by atoms with Crippen molar-refractivity contribution in [3.05, 3.63) is 0 Å². The van der Waals surface area contributed by atoms with Gasteiger partial charge in [-0.15, -0.1) is 0 Å². The van der Waals surface area contributed by atoms with Crippen LogP contribution in [0.25, 0.3) is 0 Å². The second-order valence-electron chi connectivity index (χ2n) is 5.70. The minimum Gasteiger partial charge on any atom is -0.481 e. The molecular weight excluding hydrogens is 232 g/mol. The predicted molar refractivity (Wildman–Crippen MR) is 67.3 cm³/mol. The molecule has 1 N–H and O–H groups in total. The van der Waals surface area contributed by atoms with E-state index in [9.17, 15) is 9.59 Å². The quantitative estimate of drug-likeness (QED) is 0.814. The Hall–Kier alpha value is -1.26. The van der Waals surface area contributed by atoms with E-state index in [-0.39, 0.29) is 11.9 Å². The maximum Gasteiger partial charge on any atom is 0.320 e. The van der Waals surface area contributed by atoms with Crippen molar-refractivity contribution in [1.82, 2.24) is 9.80 Å². The molecule has 0 aliphatic carbocycles. The van der Waals surface area contributed by atoms with Gasteiger partial charge in [-0.1, -0.05) is 13.8 Å². The topological polar surface area (TPSA) is 60.9 Å². The van der Waals surface area contributed by atoms with Crippen molar-refractivity contribution >= 4 is 12.0 Å².